The summed E-state index contributed by atoms with van der Waals surface area (Å²) in [5.74, 6) is -5.49. The second kappa shape index (κ2) is 8.97. The van der Waals surface area contributed by atoms with Gasteiger partial charge in [0.25, 0.3) is 0 Å². The van der Waals surface area contributed by atoms with Crippen molar-refractivity contribution in [1.29, 1.82) is 0 Å². The van der Waals surface area contributed by atoms with Gasteiger partial charge in [-0.15, -0.1) is 23.2 Å². The van der Waals surface area contributed by atoms with Crippen LogP contribution in [-0.2, 0) is 4.79 Å². The average Bonchev–Trinajstić information content (AvgIpc) is 3.26. The second-order valence-corrected chi connectivity index (χ2v) is 9.41. The highest BCUT2D eigenvalue weighted by molar-refractivity contribution is 6.53. The molecule has 0 spiro atoms. The van der Waals surface area contributed by atoms with E-state index in [1.54, 1.807) is 0 Å². The number of alkyl halides is 5. The van der Waals surface area contributed by atoms with Crippen LogP contribution in [-0.4, -0.2) is 22.2 Å². The highest BCUT2D eigenvalue weighted by atomic mass is 35.5. The molecule has 3 rings (SSSR count). The summed E-state index contributed by atoms with van der Waals surface area (Å²) in [6.45, 7) is 0. The van der Waals surface area contributed by atoms with E-state index in [2.05, 4.69) is 5.32 Å². The molecule has 1 fully saturated rings. The molecule has 2 unspecified atom stereocenters. The van der Waals surface area contributed by atoms with E-state index in [0.29, 0.717) is 5.56 Å². The topological polar surface area (TPSA) is 46.2 Å². The molecule has 2 aromatic carbocycles. The first kappa shape index (κ1) is 25.0. The zero-order valence-corrected chi connectivity index (χ0v) is 18.7. The number of benzene rings is 2. The van der Waals surface area contributed by atoms with Crippen molar-refractivity contribution in [1.82, 2.24) is 0 Å². The lowest BCUT2D eigenvalue weighted by atomic mass is 10.0. The van der Waals surface area contributed by atoms with Gasteiger partial charge < -0.3 is 5.32 Å². The SMILES string of the molecule is O=C(CCC(F)(F)F)c1cc(NC(=O)C2C(c3ccc(F)c(Cl)c3)C2(Cl)Cl)cc(Cl)c1F. The first-order valence-electron chi connectivity index (χ1n) is 8.95. The molecule has 0 aliphatic heterocycles. The lowest BCUT2D eigenvalue weighted by molar-refractivity contribution is -0.133. The summed E-state index contributed by atoms with van der Waals surface area (Å²) >= 11 is 23.9. The van der Waals surface area contributed by atoms with Crippen LogP contribution in [0.2, 0.25) is 10.0 Å². The Morgan fingerprint density at radius 1 is 1.03 bits per heavy atom. The van der Waals surface area contributed by atoms with E-state index in [0.717, 1.165) is 18.2 Å². The van der Waals surface area contributed by atoms with Gasteiger partial charge in [0.15, 0.2) is 11.6 Å². The van der Waals surface area contributed by atoms with Crippen molar-refractivity contribution in [3.8, 4) is 0 Å². The van der Waals surface area contributed by atoms with E-state index in [1.807, 2.05) is 0 Å². The number of ketones is 1. The zero-order chi connectivity index (χ0) is 24.0. The molecule has 3 nitrogen and oxygen atoms in total. The maximum absolute atomic E-state index is 14.2. The summed E-state index contributed by atoms with van der Waals surface area (Å²) in [6, 6.07) is 5.61. The smallest absolute Gasteiger partial charge is 0.326 e. The fourth-order valence-corrected chi connectivity index (χ4v) is 4.48. The van der Waals surface area contributed by atoms with Crippen LogP contribution in [0.5, 0.6) is 0 Å². The molecule has 1 saturated carbocycles. The minimum atomic E-state index is -4.60. The number of halogens is 9. The van der Waals surface area contributed by atoms with Gasteiger partial charge in [0, 0.05) is 18.0 Å². The average molecular weight is 535 g/mol. The molecule has 2 aromatic rings. The van der Waals surface area contributed by atoms with Gasteiger partial charge >= 0.3 is 6.18 Å². The minimum absolute atomic E-state index is 0.135. The first-order chi connectivity index (χ1) is 14.7. The van der Waals surface area contributed by atoms with Crippen molar-refractivity contribution in [2.45, 2.75) is 29.3 Å². The lowest BCUT2D eigenvalue weighted by Crippen LogP contribution is -2.18. The van der Waals surface area contributed by atoms with Crippen LogP contribution >= 0.6 is 46.4 Å². The van der Waals surface area contributed by atoms with Crippen molar-refractivity contribution in [2.24, 2.45) is 5.92 Å². The summed E-state index contributed by atoms with van der Waals surface area (Å²) in [7, 11) is 0. The van der Waals surface area contributed by atoms with E-state index in [1.165, 1.54) is 12.1 Å². The Kier molecular flexibility index (Phi) is 7.01. The minimum Gasteiger partial charge on any atom is -0.326 e. The molecule has 0 bridgehead atoms. The molecule has 1 aliphatic rings. The fourth-order valence-electron chi connectivity index (χ4n) is 3.25. The molecule has 32 heavy (non-hydrogen) atoms. The lowest BCUT2D eigenvalue weighted by Gasteiger charge is -2.11. The normalized spacial score (nSPS) is 19.5. The number of carbonyl (C=O) groups is 2. The summed E-state index contributed by atoms with van der Waals surface area (Å²) in [6.07, 6.45) is -7.03. The number of hydrogen-bond acceptors (Lipinski definition) is 2. The molecular weight excluding hydrogens is 523 g/mol. The molecule has 2 atom stereocenters. The predicted octanol–water partition coefficient (Wildman–Crippen LogP) is 7.32. The van der Waals surface area contributed by atoms with Gasteiger partial charge in [0.1, 0.15) is 10.2 Å². The van der Waals surface area contributed by atoms with Gasteiger partial charge in [-0.2, -0.15) is 13.2 Å². The standard InChI is InChI=1S/C20H12Cl4F5NO2/c21-11-5-8(1-2-13(11)25)15-16(20(15,23)24)18(32)30-9-6-10(17(26)12(22)7-9)14(31)3-4-19(27,28)29/h1-2,5-7,15-16H,3-4H2,(H,30,32). The number of carbonyl (C=O) groups excluding carboxylic acids is 2. The third kappa shape index (κ3) is 5.30. The molecule has 12 heteroatoms. The Bertz CT molecular complexity index is 1090. The van der Waals surface area contributed by atoms with Gasteiger partial charge in [0.2, 0.25) is 5.91 Å². The summed E-state index contributed by atoms with van der Waals surface area (Å²) in [4.78, 5) is 24.8. The van der Waals surface area contributed by atoms with Crippen molar-refractivity contribution in [3.63, 3.8) is 0 Å². The molecule has 0 aromatic heterocycles. The molecule has 1 aliphatic carbocycles. The molecular formula is C20H12Cl4F5NO2. The number of hydrogen-bond donors (Lipinski definition) is 1. The number of rotatable bonds is 6. The first-order valence-corrected chi connectivity index (χ1v) is 10.5. The number of amides is 1. The van der Waals surface area contributed by atoms with Crippen molar-refractivity contribution >= 4 is 63.8 Å². The summed E-state index contributed by atoms with van der Waals surface area (Å²) < 4.78 is 63.2. The highest BCUT2D eigenvalue weighted by Gasteiger charge is 2.67. The van der Waals surface area contributed by atoms with Crippen molar-refractivity contribution in [3.05, 3.63) is 63.1 Å². The Morgan fingerprint density at radius 2 is 1.69 bits per heavy atom. The fraction of sp³-hybridized carbons (Fsp3) is 0.300. The van der Waals surface area contributed by atoms with Crippen LogP contribution < -0.4 is 5.32 Å². The van der Waals surface area contributed by atoms with E-state index in [-0.39, 0.29) is 10.7 Å². The molecule has 1 amide bonds. The van der Waals surface area contributed by atoms with Crippen LogP contribution in [0.1, 0.15) is 34.7 Å². The van der Waals surface area contributed by atoms with Gasteiger partial charge in [-0.05, 0) is 29.8 Å². The molecule has 0 radical (unpaired) electrons. The van der Waals surface area contributed by atoms with Gasteiger partial charge in [-0.3, -0.25) is 9.59 Å². The van der Waals surface area contributed by atoms with Gasteiger partial charge in [0.05, 0.1) is 27.9 Å². The Balaban J connectivity index is 1.79. The van der Waals surface area contributed by atoms with Crippen LogP contribution in [0.3, 0.4) is 0 Å². The molecule has 1 N–H and O–H groups in total. The second-order valence-electron chi connectivity index (χ2n) is 7.15. The van der Waals surface area contributed by atoms with Crippen molar-refractivity contribution in [2.75, 3.05) is 5.32 Å². The van der Waals surface area contributed by atoms with Crippen molar-refractivity contribution < 1.29 is 31.5 Å². The number of anilines is 1. The van der Waals surface area contributed by atoms with Gasteiger partial charge in [-0.25, -0.2) is 8.78 Å². The van der Waals surface area contributed by atoms with Crippen LogP contribution in [0.15, 0.2) is 30.3 Å². The molecule has 0 saturated heterocycles. The van der Waals surface area contributed by atoms with E-state index >= 15 is 0 Å². The summed E-state index contributed by atoms with van der Waals surface area (Å²) in [5.41, 5.74) is -0.428. The van der Waals surface area contributed by atoms with Crippen LogP contribution in [0.4, 0.5) is 27.6 Å². The third-order valence-electron chi connectivity index (χ3n) is 4.87. The maximum atomic E-state index is 14.2. The largest absolute Gasteiger partial charge is 0.389 e. The zero-order valence-electron chi connectivity index (χ0n) is 15.7. The number of nitrogens with one attached hydrogen (secondary N) is 1. The Labute approximate surface area is 198 Å². The quantitative estimate of drug-likeness (QED) is 0.240. The Morgan fingerprint density at radius 3 is 2.28 bits per heavy atom. The third-order valence-corrected chi connectivity index (χ3v) is 6.38. The van der Waals surface area contributed by atoms with Crippen LogP contribution in [0, 0.1) is 17.6 Å². The predicted molar refractivity (Wildman–Crippen MR) is 112 cm³/mol. The van der Waals surface area contributed by atoms with E-state index < -0.39 is 69.1 Å². The number of Topliss-reactive ketones (excluding diaryl/α,β-unsaturated/α-hetero) is 1. The van der Waals surface area contributed by atoms with Gasteiger partial charge in [-0.1, -0.05) is 29.3 Å². The molecule has 0 heterocycles. The Hall–Kier alpha value is -1.61. The van der Waals surface area contributed by atoms with Crippen LogP contribution in [0.25, 0.3) is 0 Å². The maximum Gasteiger partial charge on any atom is 0.389 e. The van der Waals surface area contributed by atoms with E-state index in [9.17, 15) is 31.5 Å². The van der Waals surface area contributed by atoms with E-state index in [4.69, 9.17) is 46.4 Å². The monoisotopic (exact) mass is 533 g/mol. The molecule has 172 valence electrons. The highest BCUT2D eigenvalue weighted by Crippen LogP contribution is 2.65. The summed E-state index contributed by atoms with van der Waals surface area (Å²) in [5, 5.41) is 1.62.